The van der Waals surface area contributed by atoms with E-state index in [9.17, 15) is 32.9 Å². The van der Waals surface area contributed by atoms with Crippen molar-refractivity contribution in [3.05, 3.63) is 96.3 Å². The second-order valence-electron chi connectivity index (χ2n) is 7.22. The number of thioether (sulfide) groups is 1. The van der Waals surface area contributed by atoms with Gasteiger partial charge in [0.1, 0.15) is 5.75 Å². The van der Waals surface area contributed by atoms with Crippen LogP contribution in [-0.4, -0.2) is 16.1 Å². The van der Waals surface area contributed by atoms with Crippen molar-refractivity contribution in [2.75, 3.05) is 4.90 Å². The summed E-state index contributed by atoms with van der Waals surface area (Å²) in [6, 6.07) is 12.5. The third-order valence-electron chi connectivity index (χ3n) is 4.82. The normalized spacial score (nSPS) is 15.0. The Morgan fingerprint density at radius 2 is 1.78 bits per heavy atom. The third kappa shape index (κ3) is 5.40. The maximum absolute atomic E-state index is 13.0. The summed E-state index contributed by atoms with van der Waals surface area (Å²) in [6.07, 6.45) is -3.43. The number of rotatable bonds is 5. The number of anilines is 1. The fourth-order valence-electron chi connectivity index (χ4n) is 3.21. The number of benzene rings is 3. The first-order valence-corrected chi connectivity index (χ1v) is 11.8. The minimum Gasteiger partial charge on any atom is -0.449 e. The number of carbonyl (C=O) groups excluding carboxylic acids is 2. The molecule has 0 aromatic heterocycles. The molecule has 0 saturated carbocycles. The number of alkyl halides is 3. The van der Waals surface area contributed by atoms with E-state index in [0.29, 0.717) is 33.4 Å². The molecule has 0 bridgehead atoms. The monoisotopic (exact) mass is 598 g/mol. The highest BCUT2D eigenvalue weighted by Crippen LogP contribution is 2.41. The van der Waals surface area contributed by atoms with Gasteiger partial charge < -0.3 is 4.74 Å². The fourth-order valence-corrected chi connectivity index (χ4v) is 4.61. The van der Waals surface area contributed by atoms with Crippen LogP contribution in [0.3, 0.4) is 0 Å². The first-order chi connectivity index (χ1) is 16.9. The molecule has 7 nitrogen and oxygen atoms in total. The van der Waals surface area contributed by atoms with Crippen molar-refractivity contribution in [1.82, 2.24) is 0 Å². The van der Waals surface area contributed by atoms with Gasteiger partial charge in [-0.2, -0.15) is 13.2 Å². The molecule has 1 heterocycles. The Bertz CT molecular complexity index is 1450. The number of nitro groups is 1. The van der Waals surface area contributed by atoms with E-state index in [1.165, 1.54) is 24.3 Å². The first kappa shape index (κ1) is 25.7. The van der Waals surface area contributed by atoms with Crippen LogP contribution in [0, 0.1) is 10.1 Å². The van der Waals surface area contributed by atoms with Crippen LogP contribution in [-0.2, 0) is 11.0 Å². The van der Waals surface area contributed by atoms with Crippen molar-refractivity contribution in [3.8, 4) is 11.5 Å². The lowest BCUT2D eigenvalue weighted by molar-refractivity contribution is -0.385. The topological polar surface area (TPSA) is 89.7 Å². The van der Waals surface area contributed by atoms with E-state index in [4.69, 9.17) is 16.3 Å². The number of halogens is 5. The summed E-state index contributed by atoms with van der Waals surface area (Å²) in [5.41, 5.74) is -1.57. The molecule has 184 valence electrons. The molecule has 0 aliphatic carbocycles. The largest absolute Gasteiger partial charge is 0.449 e. The van der Waals surface area contributed by atoms with E-state index < -0.39 is 39.2 Å². The predicted octanol–water partition coefficient (Wildman–Crippen LogP) is 8.06. The van der Waals surface area contributed by atoms with Crippen molar-refractivity contribution < 1.29 is 32.4 Å². The highest BCUT2D eigenvalue weighted by atomic mass is 79.9. The van der Waals surface area contributed by atoms with Gasteiger partial charge in [0.15, 0.2) is 0 Å². The lowest BCUT2D eigenvalue weighted by atomic mass is 10.1. The van der Waals surface area contributed by atoms with Crippen molar-refractivity contribution in [1.29, 1.82) is 0 Å². The summed E-state index contributed by atoms with van der Waals surface area (Å²) in [7, 11) is 0. The molecule has 13 heteroatoms. The summed E-state index contributed by atoms with van der Waals surface area (Å²) in [5.74, 6) is -1.05. The van der Waals surface area contributed by atoms with E-state index in [0.717, 1.165) is 11.0 Å². The van der Waals surface area contributed by atoms with E-state index in [1.54, 1.807) is 24.3 Å². The Kier molecular flexibility index (Phi) is 7.12. The number of nitrogens with zero attached hydrogens (tertiary/aromatic N) is 2. The Labute approximate surface area is 218 Å². The van der Waals surface area contributed by atoms with Crippen molar-refractivity contribution in [2.45, 2.75) is 6.18 Å². The van der Waals surface area contributed by atoms with Crippen LogP contribution in [0.5, 0.6) is 11.5 Å². The standard InChI is InChI=1S/C23H11BrClF3N2O5S/c24-14-5-7-18(35-19-6-4-13(23(26,27)28)10-17(19)30(33)34)12(8-14)9-20-21(31)29(22(32)36-20)16-3-1-2-15(25)11-16/h1-11H/b20-9-. The van der Waals surface area contributed by atoms with Gasteiger partial charge in [-0.3, -0.25) is 19.7 Å². The molecular formula is C23H11BrClF3N2O5S. The van der Waals surface area contributed by atoms with Crippen molar-refractivity contribution in [3.63, 3.8) is 0 Å². The first-order valence-electron chi connectivity index (χ1n) is 9.80. The SMILES string of the molecule is O=C1S/C(=C\c2cc(Br)ccc2Oc2ccc(C(F)(F)F)cc2[N+](=O)[O-])C(=O)N1c1cccc(Cl)c1. The van der Waals surface area contributed by atoms with Crippen LogP contribution in [0.15, 0.2) is 70.0 Å². The molecule has 1 saturated heterocycles. The average Bonchev–Trinajstić information content (AvgIpc) is 3.07. The maximum Gasteiger partial charge on any atom is 0.416 e. The van der Waals surface area contributed by atoms with Crippen LogP contribution in [0.4, 0.5) is 29.3 Å². The van der Waals surface area contributed by atoms with E-state index in [-0.39, 0.29) is 21.9 Å². The molecule has 1 fully saturated rings. The zero-order valence-electron chi connectivity index (χ0n) is 17.6. The molecule has 1 aliphatic rings. The van der Waals surface area contributed by atoms with E-state index >= 15 is 0 Å². The molecule has 4 rings (SSSR count). The Morgan fingerprint density at radius 1 is 1.06 bits per heavy atom. The fraction of sp³-hybridized carbons (Fsp3) is 0.0435. The Balaban J connectivity index is 1.71. The van der Waals surface area contributed by atoms with Crippen molar-refractivity contribution >= 4 is 67.9 Å². The molecule has 0 unspecified atom stereocenters. The Morgan fingerprint density at radius 3 is 2.44 bits per heavy atom. The molecule has 0 atom stereocenters. The van der Waals surface area contributed by atoms with Gasteiger partial charge in [-0.15, -0.1) is 0 Å². The molecule has 0 radical (unpaired) electrons. The van der Waals surface area contributed by atoms with Crippen LogP contribution >= 0.6 is 39.3 Å². The van der Waals surface area contributed by atoms with Gasteiger partial charge in [0, 0.05) is 21.1 Å². The molecule has 36 heavy (non-hydrogen) atoms. The third-order valence-corrected chi connectivity index (χ3v) is 6.42. The van der Waals surface area contributed by atoms with Crippen LogP contribution in [0.2, 0.25) is 5.02 Å². The molecule has 1 aliphatic heterocycles. The second-order valence-corrected chi connectivity index (χ2v) is 9.56. The lowest BCUT2D eigenvalue weighted by Crippen LogP contribution is -2.27. The van der Waals surface area contributed by atoms with Crippen molar-refractivity contribution in [2.24, 2.45) is 0 Å². The highest BCUT2D eigenvalue weighted by Gasteiger charge is 2.37. The lowest BCUT2D eigenvalue weighted by Gasteiger charge is -2.13. The summed E-state index contributed by atoms with van der Waals surface area (Å²) in [4.78, 5) is 36.9. The van der Waals surface area contributed by atoms with E-state index in [2.05, 4.69) is 15.9 Å². The number of ether oxygens (including phenoxy) is 1. The highest BCUT2D eigenvalue weighted by molar-refractivity contribution is 9.10. The Hall–Kier alpha value is -3.35. The maximum atomic E-state index is 13.0. The molecule has 3 aromatic carbocycles. The summed E-state index contributed by atoms with van der Waals surface area (Å²) in [6.45, 7) is 0. The van der Waals surface area contributed by atoms with Crippen LogP contribution in [0.25, 0.3) is 6.08 Å². The zero-order chi connectivity index (χ0) is 26.2. The average molecular weight is 600 g/mol. The molecule has 3 aromatic rings. The quantitative estimate of drug-likeness (QED) is 0.167. The number of hydrogen-bond donors (Lipinski definition) is 0. The van der Waals surface area contributed by atoms with E-state index in [1.807, 2.05) is 0 Å². The smallest absolute Gasteiger partial charge is 0.416 e. The van der Waals surface area contributed by atoms with Gasteiger partial charge >= 0.3 is 11.9 Å². The zero-order valence-corrected chi connectivity index (χ0v) is 20.7. The van der Waals surface area contributed by atoms with Gasteiger partial charge in [-0.25, -0.2) is 4.90 Å². The minimum atomic E-state index is -4.78. The van der Waals surface area contributed by atoms with Gasteiger partial charge in [0.05, 0.1) is 21.1 Å². The number of carbonyl (C=O) groups is 2. The second kappa shape index (κ2) is 9.96. The van der Waals surface area contributed by atoms with Gasteiger partial charge in [-0.1, -0.05) is 33.6 Å². The predicted molar refractivity (Wildman–Crippen MR) is 132 cm³/mol. The van der Waals surface area contributed by atoms with Crippen LogP contribution in [0.1, 0.15) is 11.1 Å². The minimum absolute atomic E-state index is 0.00983. The summed E-state index contributed by atoms with van der Waals surface area (Å²) < 4.78 is 45.2. The molecule has 0 spiro atoms. The summed E-state index contributed by atoms with van der Waals surface area (Å²) >= 11 is 9.91. The van der Waals surface area contributed by atoms with Gasteiger partial charge in [-0.05, 0) is 66.4 Å². The summed E-state index contributed by atoms with van der Waals surface area (Å²) in [5, 5.41) is 11.2. The number of imide groups is 1. The van der Waals surface area contributed by atoms with Gasteiger partial charge in [0.25, 0.3) is 11.1 Å². The van der Waals surface area contributed by atoms with Crippen LogP contribution < -0.4 is 9.64 Å². The molecule has 2 amide bonds. The molecular weight excluding hydrogens is 589 g/mol. The molecule has 0 N–H and O–H groups in total. The number of amides is 2. The number of hydrogen-bond acceptors (Lipinski definition) is 6. The van der Waals surface area contributed by atoms with Gasteiger partial charge in [0.2, 0.25) is 5.75 Å². The number of nitro benzene ring substituents is 1.